The lowest BCUT2D eigenvalue weighted by Gasteiger charge is -2.36. The Morgan fingerprint density at radius 1 is 1.00 bits per heavy atom. The third kappa shape index (κ3) is 9.24. The smallest absolute Gasteiger partial charge is 0.246 e. The average molecular weight is 516 g/mol. The minimum atomic E-state index is -0.161. The van der Waals surface area contributed by atoms with Crippen molar-refractivity contribution in [2.24, 2.45) is 0 Å². The first-order chi connectivity index (χ1) is 18.1. The maximum Gasteiger partial charge on any atom is 0.246 e. The molecule has 0 spiro atoms. The molecule has 0 radical (unpaired) electrons. The molecule has 0 bridgehead atoms. The Labute approximate surface area is 229 Å². The number of fused-ring (bicyclic) bond motifs is 1. The largest absolute Gasteiger partial charge is 0.508 e. The molecule has 2 aromatic carbocycles. The van der Waals surface area contributed by atoms with E-state index >= 15 is 0 Å². The second-order valence-electron chi connectivity index (χ2n) is 11.1. The van der Waals surface area contributed by atoms with Gasteiger partial charge < -0.3 is 15.2 Å². The van der Waals surface area contributed by atoms with E-state index in [1.54, 1.807) is 6.07 Å². The normalized spacial score (nSPS) is 18.1. The standard InChI is InChI=1S/C34H45NO3/c1-25(14-10-16-27(3)33(37)35-24-29-17-7-6-8-18-29)12-9-13-26(2)15-11-20-34(5)21-19-30-23-31(36)22-28(4)32(30)38-34/h6-8,12,15-18,22-23,36H,9-11,13-14,19-21,24H2,1-5H3,(H,35,37). The van der Waals surface area contributed by atoms with Crippen molar-refractivity contribution in [1.82, 2.24) is 5.32 Å². The molecule has 0 saturated heterocycles. The molecule has 0 fully saturated rings. The van der Waals surface area contributed by atoms with Crippen molar-refractivity contribution in [1.29, 1.82) is 0 Å². The third-order valence-electron chi connectivity index (χ3n) is 7.45. The Bertz CT molecular complexity index is 1180. The van der Waals surface area contributed by atoms with Gasteiger partial charge in [-0.2, -0.15) is 0 Å². The van der Waals surface area contributed by atoms with E-state index in [9.17, 15) is 9.90 Å². The number of ether oxygens (including phenoxy) is 1. The Morgan fingerprint density at radius 3 is 2.37 bits per heavy atom. The molecule has 38 heavy (non-hydrogen) atoms. The van der Waals surface area contributed by atoms with E-state index in [2.05, 4.69) is 38.2 Å². The zero-order valence-corrected chi connectivity index (χ0v) is 23.9. The van der Waals surface area contributed by atoms with E-state index < -0.39 is 0 Å². The van der Waals surface area contributed by atoms with Crippen LogP contribution >= 0.6 is 0 Å². The van der Waals surface area contributed by atoms with Crippen LogP contribution in [0, 0.1) is 6.92 Å². The summed E-state index contributed by atoms with van der Waals surface area (Å²) in [5.74, 6) is 1.28. The SMILES string of the molecule is CC(=CCCC(C)=CCCC1(C)CCc2cc(O)cc(C)c2O1)CCC=C(C)C(=O)NCc1ccccc1. The Hall–Kier alpha value is -3.27. The lowest BCUT2D eigenvalue weighted by molar-refractivity contribution is -0.117. The number of benzene rings is 2. The van der Waals surface area contributed by atoms with Gasteiger partial charge in [-0.15, -0.1) is 0 Å². The van der Waals surface area contributed by atoms with Crippen molar-refractivity contribution in [2.75, 3.05) is 0 Å². The van der Waals surface area contributed by atoms with Gasteiger partial charge in [-0.25, -0.2) is 0 Å². The monoisotopic (exact) mass is 515 g/mol. The predicted molar refractivity (Wildman–Crippen MR) is 157 cm³/mol. The average Bonchev–Trinajstić information content (AvgIpc) is 2.88. The molecule has 1 amide bonds. The highest BCUT2D eigenvalue weighted by Crippen LogP contribution is 2.39. The van der Waals surface area contributed by atoms with E-state index in [1.165, 1.54) is 11.1 Å². The number of rotatable bonds is 12. The zero-order valence-electron chi connectivity index (χ0n) is 23.9. The molecule has 4 heteroatoms. The number of phenols is 1. The first-order valence-corrected chi connectivity index (χ1v) is 14.0. The maximum atomic E-state index is 12.3. The van der Waals surface area contributed by atoms with Crippen molar-refractivity contribution in [3.05, 3.63) is 94.1 Å². The number of hydrogen-bond donors (Lipinski definition) is 2. The molecule has 1 heterocycles. The molecule has 3 rings (SSSR count). The van der Waals surface area contributed by atoms with Gasteiger partial charge in [0, 0.05) is 12.1 Å². The van der Waals surface area contributed by atoms with Crippen LogP contribution in [0.1, 0.15) is 89.3 Å². The van der Waals surface area contributed by atoms with Gasteiger partial charge in [0.05, 0.1) is 0 Å². The van der Waals surface area contributed by atoms with Crippen LogP contribution < -0.4 is 10.1 Å². The van der Waals surface area contributed by atoms with E-state index in [0.29, 0.717) is 12.3 Å². The minimum Gasteiger partial charge on any atom is -0.508 e. The van der Waals surface area contributed by atoms with Gasteiger partial charge in [0.25, 0.3) is 0 Å². The van der Waals surface area contributed by atoms with Crippen molar-refractivity contribution in [3.8, 4) is 11.5 Å². The number of carbonyl (C=O) groups is 1. The number of phenolic OH excluding ortho intramolecular Hbond substituents is 1. The summed E-state index contributed by atoms with van der Waals surface area (Å²) in [7, 11) is 0. The fraction of sp³-hybridized carbons (Fsp3) is 0.441. The van der Waals surface area contributed by atoms with Gasteiger partial charge >= 0.3 is 0 Å². The summed E-state index contributed by atoms with van der Waals surface area (Å²) < 4.78 is 6.42. The topological polar surface area (TPSA) is 58.6 Å². The highest BCUT2D eigenvalue weighted by Gasteiger charge is 2.32. The number of allylic oxidation sites excluding steroid dienone is 5. The van der Waals surface area contributed by atoms with E-state index in [1.807, 2.05) is 56.3 Å². The molecule has 1 aliphatic heterocycles. The van der Waals surface area contributed by atoms with Gasteiger partial charge in [0.2, 0.25) is 5.91 Å². The van der Waals surface area contributed by atoms with Crippen LogP contribution in [0.3, 0.4) is 0 Å². The van der Waals surface area contributed by atoms with Crippen LogP contribution in [-0.2, 0) is 17.8 Å². The van der Waals surface area contributed by atoms with Crippen LogP contribution in [0.2, 0.25) is 0 Å². The molecule has 1 unspecified atom stereocenters. The number of amides is 1. The number of aryl methyl sites for hydroxylation is 2. The first-order valence-electron chi connectivity index (χ1n) is 14.0. The highest BCUT2D eigenvalue weighted by atomic mass is 16.5. The third-order valence-corrected chi connectivity index (χ3v) is 7.45. The Morgan fingerprint density at radius 2 is 1.66 bits per heavy atom. The van der Waals surface area contributed by atoms with E-state index in [0.717, 1.165) is 79.4 Å². The predicted octanol–water partition coefficient (Wildman–Crippen LogP) is 8.28. The molecular formula is C34H45NO3. The molecule has 2 aromatic rings. The highest BCUT2D eigenvalue weighted by molar-refractivity contribution is 5.92. The van der Waals surface area contributed by atoms with Crippen LogP contribution in [-0.4, -0.2) is 16.6 Å². The van der Waals surface area contributed by atoms with Crippen molar-refractivity contribution in [2.45, 2.75) is 98.1 Å². The quantitative estimate of drug-likeness (QED) is 0.221. The summed E-state index contributed by atoms with van der Waals surface area (Å²) in [5, 5.41) is 12.8. The fourth-order valence-corrected chi connectivity index (χ4v) is 4.93. The summed E-state index contributed by atoms with van der Waals surface area (Å²) in [6, 6.07) is 13.6. The van der Waals surface area contributed by atoms with Gasteiger partial charge in [-0.1, -0.05) is 59.7 Å². The van der Waals surface area contributed by atoms with E-state index in [4.69, 9.17) is 4.74 Å². The zero-order chi connectivity index (χ0) is 27.5. The van der Waals surface area contributed by atoms with Crippen molar-refractivity contribution < 1.29 is 14.6 Å². The molecule has 0 saturated carbocycles. The lowest BCUT2D eigenvalue weighted by atomic mass is 9.87. The Kier molecular flexibility index (Phi) is 10.8. The summed E-state index contributed by atoms with van der Waals surface area (Å²) in [6.45, 7) is 11.1. The molecule has 204 valence electrons. The first kappa shape index (κ1) is 29.3. The van der Waals surface area contributed by atoms with Crippen molar-refractivity contribution >= 4 is 5.91 Å². The summed E-state index contributed by atoms with van der Waals surface area (Å²) in [4.78, 5) is 12.3. The molecule has 0 aliphatic carbocycles. The van der Waals surface area contributed by atoms with Crippen LogP contribution in [0.4, 0.5) is 0 Å². The molecular weight excluding hydrogens is 470 g/mol. The number of aromatic hydroxyl groups is 1. The van der Waals surface area contributed by atoms with Gasteiger partial charge in [0.1, 0.15) is 17.1 Å². The van der Waals surface area contributed by atoms with Crippen LogP contribution in [0.5, 0.6) is 11.5 Å². The van der Waals surface area contributed by atoms with Gasteiger partial charge in [-0.3, -0.25) is 4.79 Å². The molecule has 1 atom stereocenters. The van der Waals surface area contributed by atoms with Crippen LogP contribution in [0.25, 0.3) is 0 Å². The second kappa shape index (κ2) is 14.0. The fourth-order valence-electron chi connectivity index (χ4n) is 4.93. The van der Waals surface area contributed by atoms with Crippen LogP contribution in [0.15, 0.2) is 77.4 Å². The maximum absolute atomic E-state index is 12.3. The van der Waals surface area contributed by atoms with Gasteiger partial charge in [0.15, 0.2) is 0 Å². The summed E-state index contributed by atoms with van der Waals surface area (Å²) >= 11 is 0. The second-order valence-corrected chi connectivity index (χ2v) is 11.1. The number of nitrogens with one attached hydrogen (secondary N) is 1. The minimum absolute atomic E-state index is 0.00220. The van der Waals surface area contributed by atoms with Gasteiger partial charge in [-0.05, 0) is 115 Å². The molecule has 2 N–H and O–H groups in total. The number of hydrogen-bond acceptors (Lipinski definition) is 3. The molecule has 4 nitrogen and oxygen atoms in total. The van der Waals surface area contributed by atoms with Crippen molar-refractivity contribution in [3.63, 3.8) is 0 Å². The summed E-state index contributed by atoms with van der Waals surface area (Å²) in [5.41, 5.74) is 6.64. The lowest BCUT2D eigenvalue weighted by Crippen LogP contribution is -2.36. The summed E-state index contributed by atoms with van der Waals surface area (Å²) in [6.07, 6.45) is 14.6. The Balaban J connectivity index is 1.35. The number of carbonyl (C=O) groups excluding carboxylic acids is 1. The van der Waals surface area contributed by atoms with E-state index in [-0.39, 0.29) is 11.5 Å². The molecule has 0 aromatic heterocycles. The molecule has 1 aliphatic rings.